The lowest BCUT2D eigenvalue weighted by molar-refractivity contribution is 0.179. The standard InChI is InChI=1S/C22H35N5O2.HI/c1-6-23-22(26-14-21-24-10-11-27(21)15-16(2)3)25-13-20(28)18-8-7-9-19(12-18)29-17(4)5;/h7-12,16-17,20,28H,6,13-15H2,1-5H3,(H2,23,25,26);1H. The maximum Gasteiger partial charge on any atom is 0.191 e. The van der Waals surface area contributed by atoms with Gasteiger partial charge in [-0.2, -0.15) is 0 Å². The zero-order valence-electron chi connectivity index (χ0n) is 18.6. The number of benzene rings is 1. The van der Waals surface area contributed by atoms with E-state index in [9.17, 15) is 5.11 Å². The largest absolute Gasteiger partial charge is 0.491 e. The molecule has 0 radical (unpaired) electrons. The fourth-order valence-corrected chi connectivity index (χ4v) is 2.92. The molecule has 0 aliphatic heterocycles. The van der Waals surface area contributed by atoms with Crippen LogP contribution in [0.4, 0.5) is 0 Å². The van der Waals surface area contributed by atoms with E-state index < -0.39 is 6.10 Å². The predicted octanol–water partition coefficient (Wildman–Crippen LogP) is 3.73. The molecule has 1 heterocycles. The van der Waals surface area contributed by atoms with Gasteiger partial charge in [-0.1, -0.05) is 26.0 Å². The fourth-order valence-electron chi connectivity index (χ4n) is 2.92. The van der Waals surface area contributed by atoms with E-state index in [1.165, 1.54) is 0 Å². The molecule has 1 unspecified atom stereocenters. The van der Waals surface area contributed by atoms with E-state index in [1.807, 2.05) is 57.4 Å². The minimum absolute atomic E-state index is 0. The number of rotatable bonds is 10. The first-order valence-corrected chi connectivity index (χ1v) is 10.4. The van der Waals surface area contributed by atoms with Gasteiger partial charge in [0.05, 0.1) is 12.2 Å². The highest BCUT2D eigenvalue weighted by Gasteiger charge is 2.11. The first-order valence-electron chi connectivity index (χ1n) is 10.4. The summed E-state index contributed by atoms with van der Waals surface area (Å²) in [6.07, 6.45) is 3.22. The van der Waals surface area contributed by atoms with Crippen molar-refractivity contribution in [3.8, 4) is 5.75 Å². The Balaban J connectivity index is 0.00000450. The number of aliphatic hydroxyl groups is 1. The van der Waals surface area contributed by atoms with Crippen molar-refractivity contribution in [1.29, 1.82) is 0 Å². The van der Waals surface area contributed by atoms with Gasteiger partial charge in [-0.05, 0) is 44.4 Å². The lowest BCUT2D eigenvalue weighted by Crippen LogP contribution is -2.39. The van der Waals surface area contributed by atoms with Crippen molar-refractivity contribution in [2.24, 2.45) is 10.9 Å². The summed E-state index contributed by atoms with van der Waals surface area (Å²) in [6, 6.07) is 7.56. The molecule has 30 heavy (non-hydrogen) atoms. The first kappa shape index (κ1) is 26.2. The van der Waals surface area contributed by atoms with E-state index in [-0.39, 0.29) is 30.1 Å². The smallest absolute Gasteiger partial charge is 0.191 e. The molecule has 2 rings (SSSR count). The molecular weight excluding hydrogens is 493 g/mol. The van der Waals surface area contributed by atoms with Gasteiger partial charge in [0.2, 0.25) is 0 Å². The molecule has 0 aliphatic carbocycles. The third-order valence-electron chi connectivity index (χ3n) is 4.16. The summed E-state index contributed by atoms with van der Waals surface area (Å²) in [5.41, 5.74) is 0.805. The predicted molar refractivity (Wildman–Crippen MR) is 132 cm³/mol. The van der Waals surface area contributed by atoms with Crippen LogP contribution in [0.5, 0.6) is 5.75 Å². The first-order chi connectivity index (χ1) is 13.9. The monoisotopic (exact) mass is 529 g/mol. The van der Waals surface area contributed by atoms with Gasteiger partial charge in [-0.3, -0.25) is 0 Å². The van der Waals surface area contributed by atoms with Crippen LogP contribution in [0.3, 0.4) is 0 Å². The van der Waals surface area contributed by atoms with Crippen LogP contribution in [0.2, 0.25) is 0 Å². The number of halogens is 1. The molecular formula is C22H36IN5O2. The highest BCUT2D eigenvalue weighted by Crippen LogP contribution is 2.20. The zero-order chi connectivity index (χ0) is 21.2. The molecule has 0 aliphatic rings. The normalized spacial score (nSPS) is 12.6. The molecule has 0 saturated heterocycles. The molecule has 1 aromatic heterocycles. The number of nitrogens with one attached hydrogen (secondary N) is 2. The molecule has 168 valence electrons. The van der Waals surface area contributed by atoms with Crippen molar-refractivity contribution in [2.75, 3.05) is 13.1 Å². The van der Waals surface area contributed by atoms with Crippen molar-refractivity contribution in [1.82, 2.24) is 20.2 Å². The zero-order valence-corrected chi connectivity index (χ0v) is 21.0. The van der Waals surface area contributed by atoms with Gasteiger partial charge in [0.1, 0.15) is 18.1 Å². The number of aliphatic hydroxyl groups excluding tert-OH is 1. The van der Waals surface area contributed by atoms with Crippen LogP contribution in [0, 0.1) is 5.92 Å². The van der Waals surface area contributed by atoms with Crippen molar-refractivity contribution < 1.29 is 9.84 Å². The highest BCUT2D eigenvalue weighted by atomic mass is 127. The molecule has 8 heteroatoms. The van der Waals surface area contributed by atoms with Gasteiger partial charge in [0.25, 0.3) is 0 Å². The van der Waals surface area contributed by atoms with Crippen molar-refractivity contribution in [2.45, 2.75) is 59.9 Å². The Labute approximate surface area is 197 Å². The van der Waals surface area contributed by atoms with Crippen LogP contribution in [-0.2, 0) is 13.1 Å². The summed E-state index contributed by atoms with van der Waals surface area (Å²) in [4.78, 5) is 9.04. The van der Waals surface area contributed by atoms with Crippen LogP contribution in [0.15, 0.2) is 41.7 Å². The summed E-state index contributed by atoms with van der Waals surface area (Å²) in [5.74, 6) is 2.88. The third kappa shape index (κ3) is 8.91. The molecule has 7 nitrogen and oxygen atoms in total. The topological polar surface area (TPSA) is 83.7 Å². The summed E-state index contributed by atoms with van der Waals surface area (Å²) >= 11 is 0. The summed E-state index contributed by atoms with van der Waals surface area (Å²) < 4.78 is 7.84. The number of ether oxygens (including phenoxy) is 1. The number of nitrogens with zero attached hydrogens (tertiary/aromatic N) is 3. The molecule has 0 saturated carbocycles. The average molecular weight is 529 g/mol. The van der Waals surface area contributed by atoms with Gasteiger partial charge in [0, 0.05) is 32.0 Å². The minimum Gasteiger partial charge on any atom is -0.491 e. The van der Waals surface area contributed by atoms with E-state index in [0.717, 1.165) is 30.2 Å². The van der Waals surface area contributed by atoms with E-state index in [1.54, 1.807) is 0 Å². The maximum atomic E-state index is 10.6. The van der Waals surface area contributed by atoms with Gasteiger partial charge in [0.15, 0.2) is 5.96 Å². The summed E-state index contributed by atoms with van der Waals surface area (Å²) in [5, 5.41) is 17.0. The average Bonchev–Trinajstić information content (AvgIpc) is 3.09. The number of guanidine groups is 1. The fraction of sp³-hybridized carbons (Fsp3) is 0.545. The number of imidazole rings is 1. The minimum atomic E-state index is -0.669. The second-order valence-electron chi connectivity index (χ2n) is 7.72. The number of hydrogen-bond donors (Lipinski definition) is 3. The van der Waals surface area contributed by atoms with Gasteiger partial charge in [-0.15, -0.1) is 24.0 Å². The van der Waals surface area contributed by atoms with Crippen molar-refractivity contribution >= 4 is 29.9 Å². The SMILES string of the molecule is CCNC(=NCc1nccn1CC(C)C)NCC(O)c1cccc(OC(C)C)c1.I. The molecule has 0 amide bonds. The molecule has 1 aromatic carbocycles. The third-order valence-corrected chi connectivity index (χ3v) is 4.16. The number of aliphatic imine (C=N–C) groups is 1. The van der Waals surface area contributed by atoms with E-state index >= 15 is 0 Å². The maximum absolute atomic E-state index is 10.6. The van der Waals surface area contributed by atoms with Gasteiger partial charge < -0.3 is 25.0 Å². The number of hydrogen-bond acceptors (Lipinski definition) is 4. The Morgan fingerprint density at radius 1 is 1.23 bits per heavy atom. The van der Waals surface area contributed by atoms with Crippen molar-refractivity contribution in [3.05, 3.63) is 48.0 Å². The lowest BCUT2D eigenvalue weighted by atomic mass is 10.1. The molecule has 0 spiro atoms. The second-order valence-corrected chi connectivity index (χ2v) is 7.72. The highest BCUT2D eigenvalue weighted by molar-refractivity contribution is 14.0. The summed E-state index contributed by atoms with van der Waals surface area (Å²) in [7, 11) is 0. The Morgan fingerprint density at radius 2 is 2.00 bits per heavy atom. The van der Waals surface area contributed by atoms with Gasteiger partial charge >= 0.3 is 0 Å². The Morgan fingerprint density at radius 3 is 2.67 bits per heavy atom. The quantitative estimate of drug-likeness (QED) is 0.248. The van der Waals surface area contributed by atoms with Crippen LogP contribution in [-0.4, -0.2) is 39.8 Å². The molecule has 0 bridgehead atoms. The Hall–Kier alpha value is -1.81. The lowest BCUT2D eigenvalue weighted by Gasteiger charge is -2.17. The van der Waals surface area contributed by atoms with Crippen LogP contribution < -0.4 is 15.4 Å². The van der Waals surface area contributed by atoms with Gasteiger partial charge in [-0.25, -0.2) is 9.98 Å². The number of aromatic nitrogens is 2. The Kier molecular flexibility index (Phi) is 11.8. The molecule has 2 aromatic rings. The van der Waals surface area contributed by atoms with Crippen LogP contribution in [0.25, 0.3) is 0 Å². The van der Waals surface area contributed by atoms with Crippen LogP contribution >= 0.6 is 24.0 Å². The summed E-state index contributed by atoms with van der Waals surface area (Å²) in [6.45, 7) is 12.8. The van der Waals surface area contributed by atoms with E-state index in [2.05, 4.69) is 39.0 Å². The van der Waals surface area contributed by atoms with E-state index in [0.29, 0.717) is 25.0 Å². The molecule has 3 N–H and O–H groups in total. The van der Waals surface area contributed by atoms with Crippen molar-refractivity contribution in [3.63, 3.8) is 0 Å². The van der Waals surface area contributed by atoms with E-state index in [4.69, 9.17) is 4.74 Å². The van der Waals surface area contributed by atoms with Crippen LogP contribution in [0.1, 0.15) is 52.1 Å². The molecule has 0 fully saturated rings. The second kappa shape index (κ2) is 13.5. The molecule has 1 atom stereocenters. The Bertz CT molecular complexity index is 776.